The van der Waals surface area contributed by atoms with Crippen LogP contribution in [0.2, 0.25) is 0 Å². The standard InChI is InChI=1S/C11H12BrFO2/c12-9-6-14-7-11(9)15-5-8-3-1-2-4-10(8)13/h1-4,9,11H,5-7H2. The van der Waals surface area contributed by atoms with Crippen molar-refractivity contribution >= 4 is 15.9 Å². The topological polar surface area (TPSA) is 18.5 Å². The summed E-state index contributed by atoms with van der Waals surface area (Å²) < 4.78 is 24.0. The Labute approximate surface area is 96.5 Å². The summed E-state index contributed by atoms with van der Waals surface area (Å²) in [5, 5.41) is 0. The third kappa shape index (κ3) is 2.77. The molecule has 1 aromatic carbocycles. The molecule has 0 aromatic heterocycles. The Morgan fingerprint density at radius 3 is 2.87 bits per heavy atom. The van der Waals surface area contributed by atoms with E-state index in [9.17, 15) is 4.39 Å². The van der Waals surface area contributed by atoms with Crippen LogP contribution in [-0.2, 0) is 16.1 Å². The normalized spacial score (nSPS) is 25.7. The van der Waals surface area contributed by atoms with Crippen molar-refractivity contribution in [1.29, 1.82) is 0 Å². The SMILES string of the molecule is Fc1ccccc1COC1COCC1Br. The number of ether oxygens (including phenoxy) is 2. The average Bonchev–Trinajstić information content (AvgIpc) is 2.63. The van der Waals surface area contributed by atoms with Crippen molar-refractivity contribution < 1.29 is 13.9 Å². The van der Waals surface area contributed by atoms with Crippen LogP contribution in [0.4, 0.5) is 4.39 Å². The van der Waals surface area contributed by atoms with Crippen LogP contribution in [0.1, 0.15) is 5.56 Å². The van der Waals surface area contributed by atoms with E-state index in [0.717, 1.165) is 0 Å². The lowest BCUT2D eigenvalue weighted by molar-refractivity contribution is 0.0326. The van der Waals surface area contributed by atoms with Gasteiger partial charge in [-0.1, -0.05) is 34.1 Å². The van der Waals surface area contributed by atoms with Gasteiger partial charge in [-0.25, -0.2) is 4.39 Å². The molecule has 0 bridgehead atoms. The van der Waals surface area contributed by atoms with Crippen LogP contribution in [0.15, 0.2) is 24.3 Å². The van der Waals surface area contributed by atoms with Crippen molar-refractivity contribution in [3.63, 3.8) is 0 Å². The Morgan fingerprint density at radius 1 is 1.40 bits per heavy atom. The second-order valence-corrected chi connectivity index (χ2v) is 4.67. The second kappa shape index (κ2) is 5.05. The van der Waals surface area contributed by atoms with Gasteiger partial charge in [0.05, 0.1) is 30.8 Å². The van der Waals surface area contributed by atoms with Crippen LogP contribution in [0.3, 0.4) is 0 Å². The molecule has 0 aliphatic carbocycles. The summed E-state index contributed by atoms with van der Waals surface area (Å²) in [5.74, 6) is -0.220. The van der Waals surface area contributed by atoms with Gasteiger partial charge in [-0.2, -0.15) is 0 Å². The van der Waals surface area contributed by atoms with Crippen molar-refractivity contribution in [3.8, 4) is 0 Å². The van der Waals surface area contributed by atoms with E-state index in [1.165, 1.54) is 6.07 Å². The fraction of sp³-hybridized carbons (Fsp3) is 0.455. The lowest BCUT2D eigenvalue weighted by Crippen LogP contribution is -2.22. The first-order chi connectivity index (χ1) is 7.27. The van der Waals surface area contributed by atoms with Crippen molar-refractivity contribution in [1.82, 2.24) is 0 Å². The third-order valence-corrected chi connectivity index (χ3v) is 3.23. The van der Waals surface area contributed by atoms with Crippen LogP contribution in [0, 0.1) is 5.82 Å². The Balaban J connectivity index is 1.90. The monoisotopic (exact) mass is 274 g/mol. The van der Waals surface area contributed by atoms with Gasteiger partial charge in [-0.15, -0.1) is 0 Å². The molecule has 0 saturated carbocycles. The molecule has 15 heavy (non-hydrogen) atoms. The molecule has 2 atom stereocenters. The molecule has 2 rings (SSSR count). The fourth-order valence-electron chi connectivity index (χ4n) is 1.47. The van der Waals surface area contributed by atoms with Crippen molar-refractivity contribution in [2.24, 2.45) is 0 Å². The van der Waals surface area contributed by atoms with E-state index >= 15 is 0 Å². The highest BCUT2D eigenvalue weighted by Crippen LogP contribution is 2.19. The Morgan fingerprint density at radius 2 is 2.20 bits per heavy atom. The van der Waals surface area contributed by atoms with Gasteiger partial charge in [0.2, 0.25) is 0 Å². The fourth-order valence-corrected chi connectivity index (χ4v) is 1.97. The smallest absolute Gasteiger partial charge is 0.128 e. The van der Waals surface area contributed by atoms with E-state index in [1.54, 1.807) is 18.2 Å². The van der Waals surface area contributed by atoms with Crippen molar-refractivity contribution in [2.75, 3.05) is 13.2 Å². The molecule has 0 spiro atoms. The quantitative estimate of drug-likeness (QED) is 0.789. The second-order valence-electron chi connectivity index (χ2n) is 3.49. The van der Waals surface area contributed by atoms with E-state index in [0.29, 0.717) is 25.4 Å². The highest BCUT2D eigenvalue weighted by atomic mass is 79.9. The maximum atomic E-state index is 13.2. The summed E-state index contributed by atoms with van der Waals surface area (Å²) in [6.45, 7) is 1.52. The molecule has 4 heteroatoms. The van der Waals surface area contributed by atoms with Gasteiger partial charge in [-0.3, -0.25) is 0 Å². The van der Waals surface area contributed by atoms with Gasteiger partial charge >= 0.3 is 0 Å². The Kier molecular flexibility index (Phi) is 3.72. The van der Waals surface area contributed by atoms with Crippen LogP contribution < -0.4 is 0 Å². The zero-order valence-corrected chi connectivity index (χ0v) is 9.74. The first kappa shape index (κ1) is 11.0. The van der Waals surface area contributed by atoms with E-state index in [-0.39, 0.29) is 16.7 Å². The summed E-state index contributed by atoms with van der Waals surface area (Å²) in [6, 6.07) is 6.65. The molecule has 1 fully saturated rings. The minimum atomic E-state index is -0.220. The molecule has 1 aromatic rings. The number of halogens is 2. The van der Waals surface area contributed by atoms with Crippen LogP contribution in [-0.4, -0.2) is 24.1 Å². The third-order valence-electron chi connectivity index (χ3n) is 2.37. The van der Waals surface area contributed by atoms with Gasteiger partial charge in [0.1, 0.15) is 5.82 Å². The molecule has 2 nitrogen and oxygen atoms in total. The summed E-state index contributed by atoms with van der Waals surface area (Å²) >= 11 is 3.45. The molecule has 82 valence electrons. The van der Waals surface area contributed by atoms with Crippen LogP contribution in [0.5, 0.6) is 0 Å². The van der Waals surface area contributed by atoms with Crippen LogP contribution in [0.25, 0.3) is 0 Å². The van der Waals surface area contributed by atoms with Crippen molar-refractivity contribution in [2.45, 2.75) is 17.5 Å². The minimum absolute atomic E-state index is 0.0182. The lowest BCUT2D eigenvalue weighted by atomic mass is 10.2. The number of benzene rings is 1. The highest BCUT2D eigenvalue weighted by molar-refractivity contribution is 9.09. The molecular weight excluding hydrogens is 263 g/mol. The summed E-state index contributed by atoms with van der Waals surface area (Å²) in [7, 11) is 0. The first-order valence-corrected chi connectivity index (χ1v) is 5.76. The molecule has 2 unspecified atom stereocenters. The summed E-state index contributed by atoms with van der Waals surface area (Å²) in [5.41, 5.74) is 0.587. The maximum Gasteiger partial charge on any atom is 0.128 e. The number of rotatable bonds is 3. The molecule has 0 N–H and O–H groups in total. The van der Waals surface area contributed by atoms with Gasteiger partial charge in [0.25, 0.3) is 0 Å². The summed E-state index contributed by atoms with van der Waals surface area (Å²) in [4.78, 5) is 0.212. The number of hydrogen-bond acceptors (Lipinski definition) is 2. The number of hydrogen-bond donors (Lipinski definition) is 0. The summed E-state index contributed by atoms with van der Waals surface area (Å²) in [6.07, 6.45) is 0.0182. The van der Waals surface area contributed by atoms with E-state index < -0.39 is 0 Å². The highest BCUT2D eigenvalue weighted by Gasteiger charge is 2.26. The van der Waals surface area contributed by atoms with Gasteiger partial charge in [0, 0.05) is 5.56 Å². The molecule has 1 aliphatic rings. The first-order valence-electron chi connectivity index (χ1n) is 4.84. The Hall–Kier alpha value is -0.450. The van der Waals surface area contributed by atoms with Crippen LogP contribution >= 0.6 is 15.9 Å². The Bertz CT molecular complexity index is 332. The predicted molar refractivity (Wildman–Crippen MR) is 58.5 cm³/mol. The molecular formula is C11H12BrFO2. The molecule has 1 heterocycles. The van der Waals surface area contributed by atoms with E-state index in [1.807, 2.05) is 0 Å². The molecule has 1 aliphatic heterocycles. The van der Waals surface area contributed by atoms with Gasteiger partial charge in [0.15, 0.2) is 0 Å². The predicted octanol–water partition coefficient (Wildman–Crippen LogP) is 2.50. The van der Waals surface area contributed by atoms with E-state index in [2.05, 4.69) is 15.9 Å². The zero-order chi connectivity index (χ0) is 10.7. The van der Waals surface area contributed by atoms with Crippen molar-refractivity contribution in [3.05, 3.63) is 35.6 Å². The maximum absolute atomic E-state index is 13.2. The molecule has 0 radical (unpaired) electrons. The minimum Gasteiger partial charge on any atom is -0.377 e. The molecule has 0 amide bonds. The van der Waals surface area contributed by atoms with Gasteiger partial charge < -0.3 is 9.47 Å². The van der Waals surface area contributed by atoms with E-state index in [4.69, 9.17) is 9.47 Å². The zero-order valence-electron chi connectivity index (χ0n) is 8.16. The lowest BCUT2D eigenvalue weighted by Gasteiger charge is -2.13. The molecule has 1 saturated heterocycles. The van der Waals surface area contributed by atoms with Gasteiger partial charge in [-0.05, 0) is 6.07 Å². The average molecular weight is 275 g/mol. The number of alkyl halides is 1. The largest absolute Gasteiger partial charge is 0.377 e.